The maximum absolute atomic E-state index is 12.9. The highest BCUT2D eigenvalue weighted by Gasteiger charge is 2.16. The standard InChI is InChI=1S/C11H12F2N4S2/c1-17(2)10-15-16-11(19-10)18-8-4-3-6(14)5-7(8)9(12)13/h3-5,9H,14H2,1-2H3. The van der Waals surface area contributed by atoms with Crippen LogP contribution in [0.15, 0.2) is 27.4 Å². The Balaban J connectivity index is 2.27. The van der Waals surface area contributed by atoms with Gasteiger partial charge in [-0.25, -0.2) is 8.78 Å². The van der Waals surface area contributed by atoms with E-state index in [0.717, 1.165) is 5.13 Å². The summed E-state index contributed by atoms with van der Waals surface area (Å²) in [4.78, 5) is 2.27. The fourth-order valence-electron chi connectivity index (χ4n) is 1.35. The molecule has 1 aromatic heterocycles. The second kappa shape index (κ2) is 5.70. The van der Waals surface area contributed by atoms with Gasteiger partial charge in [0.05, 0.1) is 0 Å². The van der Waals surface area contributed by atoms with Crippen LogP contribution in [0.25, 0.3) is 0 Å². The monoisotopic (exact) mass is 302 g/mol. The molecular weight excluding hydrogens is 290 g/mol. The predicted molar refractivity (Wildman–Crippen MR) is 74.2 cm³/mol. The van der Waals surface area contributed by atoms with Crippen molar-refractivity contribution in [2.45, 2.75) is 15.7 Å². The first-order valence-electron chi connectivity index (χ1n) is 5.33. The molecule has 0 spiro atoms. The molecule has 0 fully saturated rings. The maximum atomic E-state index is 12.9. The molecule has 0 atom stereocenters. The molecule has 1 heterocycles. The summed E-state index contributed by atoms with van der Waals surface area (Å²) in [7, 11) is 3.70. The minimum atomic E-state index is -2.56. The molecule has 0 saturated carbocycles. The topological polar surface area (TPSA) is 55.0 Å². The lowest BCUT2D eigenvalue weighted by Crippen LogP contribution is -2.07. The minimum Gasteiger partial charge on any atom is -0.399 e. The molecule has 4 nitrogen and oxygen atoms in total. The summed E-state index contributed by atoms with van der Waals surface area (Å²) < 4.78 is 26.5. The van der Waals surface area contributed by atoms with E-state index < -0.39 is 6.43 Å². The molecule has 0 unspecified atom stereocenters. The van der Waals surface area contributed by atoms with Gasteiger partial charge in [0.2, 0.25) is 5.13 Å². The Kier molecular flexibility index (Phi) is 4.20. The second-order valence-electron chi connectivity index (χ2n) is 3.94. The Labute approximate surface area is 117 Å². The number of nitrogen functional groups attached to an aromatic ring is 1. The van der Waals surface area contributed by atoms with Crippen molar-refractivity contribution in [2.75, 3.05) is 24.7 Å². The molecule has 8 heteroatoms. The Morgan fingerprint density at radius 1 is 1.32 bits per heavy atom. The lowest BCUT2D eigenvalue weighted by atomic mass is 10.2. The van der Waals surface area contributed by atoms with Crippen LogP contribution in [0, 0.1) is 0 Å². The molecule has 0 saturated heterocycles. The number of anilines is 2. The van der Waals surface area contributed by atoms with E-state index in [1.165, 1.54) is 29.2 Å². The summed E-state index contributed by atoms with van der Waals surface area (Å²) >= 11 is 2.52. The number of halogens is 2. The van der Waals surface area contributed by atoms with E-state index in [1.807, 2.05) is 19.0 Å². The average molecular weight is 302 g/mol. The Morgan fingerprint density at radius 3 is 2.63 bits per heavy atom. The molecule has 0 aliphatic heterocycles. The van der Waals surface area contributed by atoms with Crippen molar-refractivity contribution in [3.05, 3.63) is 23.8 Å². The summed E-state index contributed by atoms with van der Waals surface area (Å²) in [5.41, 5.74) is 5.78. The molecule has 102 valence electrons. The van der Waals surface area contributed by atoms with Crippen LogP contribution in [0.1, 0.15) is 12.0 Å². The fraction of sp³-hybridized carbons (Fsp3) is 0.273. The van der Waals surface area contributed by atoms with Crippen molar-refractivity contribution in [3.63, 3.8) is 0 Å². The number of hydrogen-bond donors (Lipinski definition) is 1. The lowest BCUT2D eigenvalue weighted by Gasteiger charge is -2.07. The van der Waals surface area contributed by atoms with Crippen LogP contribution < -0.4 is 10.6 Å². The van der Waals surface area contributed by atoms with Gasteiger partial charge in [0.1, 0.15) is 0 Å². The lowest BCUT2D eigenvalue weighted by molar-refractivity contribution is 0.148. The molecule has 2 rings (SSSR count). The van der Waals surface area contributed by atoms with Crippen LogP contribution in [0.3, 0.4) is 0 Å². The third kappa shape index (κ3) is 3.32. The summed E-state index contributed by atoms with van der Waals surface area (Å²) in [6.07, 6.45) is -2.56. The van der Waals surface area contributed by atoms with E-state index in [9.17, 15) is 8.78 Å². The second-order valence-corrected chi connectivity index (χ2v) is 6.19. The van der Waals surface area contributed by atoms with Crippen molar-refractivity contribution in [3.8, 4) is 0 Å². The largest absolute Gasteiger partial charge is 0.399 e. The third-order valence-electron chi connectivity index (χ3n) is 2.24. The van der Waals surface area contributed by atoms with Gasteiger partial charge in [0, 0.05) is 30.2 Å². The van der Waals surface area contributed by atoms with E-state index in [1.54, 1.807) is 12.1 Å². The van der Waals surface area contributed by atoms with E-state index >= 15 is 0 Å². The van der Waals surface area contributed by atoms with Gasteiger partial charge >= 0.3 is 0 Å². The predicted octanol–water partition coefficient (Wildman–Crippen LogP) is 3.28. The molecular formula is C11H12F2N4S2. The highest BCUT2D eigenvalue weighted by atomic mass is 32.2. The number of aromatic nitrogens is 2. The van der Waals surface area contributed by atoms with E-state index in [-0.39, 0.29) is 5.56 Å². The van der Waals surface area contributed by atoms with Crippen LogP contribution >= 0.6 is 23.1 Å². The Morgan fingerprint density at radius 2 is 2.05 bits per heavy atom. The molecule has 1 aromatic carbocycles. The molecule has 2 N–H and O–H groups in total. The van der Waals surface area contributed by atoms with Gasteiger partial charge in [0.15, 0.2) is 4.34 Å². The van der Waals surface area contributed by atoms with Gasteiger partial charge in [0.25, 0.3) is 6.43 Å². The zero-order chi connectivity index (χ0) is 14.0. The molecule has 0 aliphatic rings. The van der Waals surface area contributed by atoms with Crippen molar-refractivity contribution < 1.29 is 8.78 Å². The number of rotatable bonds is 4. The van der Waals surface area contributed by atoms with Crippen molar-refractivity contribution in [1.29, 1.82) is 0 Å². The molecule has 0 bridgehead atoms. The van der Waals surface area contributed by atoms with Crippen LogP contribution in [0.2, 0.25) is 0 Å². The number of hydrogen-bond acceptors (Lipinski definition) is 6. The van der Waals surface area contributed by atoms with Crippen LogP contribution in [-0.4, -0.2) is 24.3 Å². The summed E-state index contributed by atoms with van der Waals surface area (Å²) in [6, 6.07) is 4.47. The zero-order valence-corrected chi connectivity index (χ0v) is 11.9. The maximum Gasteiger partial charge on any atom is 0.265 e. The Bertz CT molecular complexity index is 572. The number of nitrogens with two attached hydrogens (primary N) is 1. The fourth-order valence-corrected chi connectivity index (χ4v) is 3.18. The first-order valence-corrected chi connectivity index (χ1v) is 6.97. The highest BCUT2D eigenvalue weighted by Crippen LogP contribution is 2.38. The third-order valence-corrected chi connectivity index (χ3v) is 4.48. The molecule has 0 radical (unpaired) electrons. The van der Waals surface area contributed by atoms with E-state index in [2.05, 4.69) is 10.2 Å². The number of benzene rings is 1. The van der Waals surface area contributed by atoms with Crippen LogP contribution in [-0.2, 0) is 0 Å². The van der Waals surface area contributed by atoms with E-state index in [0.29, 0.717) is 14.9 Å². The van der Waals surface area contributed by atoms with Gasteiger partial charge < -0.3 is 10.6 Å². The molecule has 19 heavy (non-hydrogen) atoms. The first kappa shape index (κ1) is 14.0. The minimum absolute atomic E-state index is 0.0772. The molecule has 0 aliphatic carbocycles. The number of alkyl halides is 2. The van der Waals surface area contributed by atoms with Crippen LogP contribution in [0.5, 0.6) is 0 Å². The quantitative estimate of drug-likeness (QED) is 0.878. The van der Waals surface area contributed by atoms with Gasteiger partial charge in [-0.05, 0) is 18.2 Å². The van der Waals surface area contributed by atoms with Crippen molar-refractivity contribution >= 4 is 33.9 Å². The van der Waals surface area contributed by atoms with E-state index in [4.69, 9.17) is 5.73 Å². The average Bonchev–Trinajstić information content (AvgIpc) is 2.80. The molecule has 2 aromatic rings. The summed E-state index contributed by atoms with van der Waals surface area (Å²) in [5.74, 6) is 0. The van der Waals surface area contributed by atoms with Gasteiger partial charge in [-0.15, -0.1) is 10.2 Å². The van der Waals surface area contributed by atoms with Gasteiger partial charge in [-0.2, -0.15) is 0 Å². The van der Waals surface area contributed by atoms with Gasteiger partial charge in [-0.1, -0.05) is 23.1 Å². The number of nitrogens with zero attached hydrogens (tertiary/aromatic N) is 3. The SMILES string of the molecule is CN(C)c1nnc(Sc2ccc(N)cc2C(F)F)s1. The van der Waals surface area contributed by atoms with Crippen LogP contribution in [0.4, 0.5) is 19.6 Å². The van der Waals surface area contributed by atoms with Crippen molar-refractivity contribution in [2.24, 2.45) is 0 Å². The summed E-state index contributed by atoms with van der Waals surface area (Å²) in [5, 5.41) is 8.67. The smallest absolute Gasteiger partial charge is 0.265 e. The summed E-state index contributed by atoms with van der Waals surface area (Å²) in [6.45, 7) is 0. The zero-order valence-electron chi connectivity index (χ0n) is 10.3. The highest BCUT2D eigenvalue weighted by molar-refractivity contribution is 8.01. The van der Waals surface area contributed by atoms with Gasteiger partial charge in [-0.3, -0.25) is 0 Å². The Hall–Kier alpha value is -1.41. The van der Waals surface area contributed by atoms with Crippen molar-refractivity contribution in [1.82, 2.24) is 10.2 Å². The normalized spacial score (nSPS) is 11.0. The molecule has 0 amide bonds. The first-order chi connectivity index (χ1) is 8.97.